The van der Waals surface area contributed by atoms with Crippen molar-refractivity contribution in [3.63, 3.8) is 0 Å². The number of carbonyl (C=O) groups excluding carboxylic acids is 1. The van der Waals surface area contributed by atoms with Gasteiger partial charge in [-0.25, -0.2) is 0 Å². The van der Waals surface area contributed by atoms with Crippen molar-refractivity contribution in [3.05, 3.63) is 52.5 Å². The zero-order valence-corrected chi connectivity index (χ0v) is 15.0. The lowest BCUT2D eigenvalue weighted by Gasteiger charge is -2.14. The van der Waals surface area contributed by atoms with Gasteiger partial charge in [0, 0.05) is 27.4 Å². The van der Waals surface area contributed by atoms with Crippen molar-refractivity contribution in [1.82, 2.24) is 0 Å². The average Bonchev–Trinajstić information content (AvgIpc) is 2.90. The number of amides is 1. The molecule has 0 bridgehead atoms. The number of anilines is 1. The fourth-order valence-corrected chi connectivity index (χ4v) is 2.91. The third-order valence-corrected chi connectivity index (χ3v) is 4.06. The number of hydrogen-bond donors (Lipinski definition) is 1. The second-order valence-corrected chi connectivity index (χ2v) is 6.09. The van der Waals surface area contributed by atoms with Crippen molar-refractivity contribution < 1.29 is 14.3 Å². The standard InChI is InChI=1S/C20H20ClNO3/c1-3-10-25-19-13(6-5-7-18(19)24-4-2)11-16-15-12-14(21)8-9-17(15)22-20(16)23/h5-9,11-12H,3-4,10H2,1-2H3,(H,22,23)/b16-11-. The van der Waals surface area contributed by atoms with E-state index in [9.17, 15) is 4.79 Å². The van der Waals surface area contributed by atoms with Crippen molar-refractivity contribution in [2.24, 2.45) is 0 Å². The number of carbonyl (C=O) groups is 1. The summed E-state index contributed by atoms with van der Waals surface area (Å²) in [6, 6.07) is 11.0. The number of rotatable bonds is 6. The summed E-state index contributed by atoms with van der Waals surface area (Å²) in [7, 11) is 0. The van der Waals surface area contributed by atoms with Gasteiger partial charge in [0.1, 0.15) is 0 Å². The Morgan fingerprint density at radius 1 is 1.16 bits per heavy atom. The van der Waals surface area contributed by atoms with Crippen LogP contribution >= 0.6 is 11.6 Å². The predicted octanol–water partition coefficient (Wildman–Crippen LogP) is 5.02. The molecule has 0 atom stereocenters. The molecule has 25 heavy (non-hydrogen) atoms. The lowest BCUT2D eigenvalue weighted by Crippen LogP contribution is -2.04. The summed E-state index contributed by atoms with van der Waals surface area (Å²) < 4.78 is 11.6. The molecule has 0 spiro atoms. The number of nitrogens with one attached hydrogen (secondary N) is 1. The van der Waals surface area contributed by atoms with Crippen molar-refractivity contribution in [2.45, 2.75) is 20.3 Å². The van der Waals surface area contributed by atoms with E-state index < -0.39 is 0 Å². The maximum Gasteiger partial charge on any atom is 0.256 e. The summed E-state index contributed by atoms with van der Waals surface area (Å²) in [5.41, 5.74) is 2.92. The minimum Gasteiger partial charge on any atom is -0.490 e. The normalized spacial score (nSPS) is 14.4. The second kappa shape index (κ2) is 7.62. The van der Waals surface area contributed by atoms with Crippen molar-refractivity contribution in [2.75, 3.05) is 18.5 Å². The lowest BCUT2D eigenvalue weighted by atomic mass is 10.0. The van der Waals surface area contributed by atoms with Gasteiger partial charge >= 0.3 is 0 Å². The molecular formula is C20H20ClNO3. The molecule has 0 aromatic heterocycles. The number of para-hydroxylation sites is 1. The maximum absolute atomic E-state index is 12.4. The highest BCUT2D eigenvalue weighted by Crippen LogP contribution is 2.38. The molecule has 4 nitrogen and oxygen atoms in total. The first-order valence-corrected chi connectivity index (χ1v) is 8.73. The van der Waals surface area contributed by atoms with E-state index in [0.717, 1.165) is 23.2 Å². The number of halogens is 1. The Bertz CT molecular complexity index is 830. The number of benzene rings is 2. The highest BCUT2D eigenvalue weighted by molar-refractivity contribution is 6.36. The van der Waals surface area contributed by atoms with Crippen LogP contribution in [0.15, 0.2) is 36.4 Å². The van der Waals surface area contributed by atoms with Crippen LogP contribution in [0.5, 0.6) is 11.5 Å². The number of ether oxygens (including phenoxy) is 2. The largest absolute Gasteiger partial charge is 0.490 e. The van der Waals surface area contributed by atoms with Gasteiger partial charge in [0.05, 0.1) is 13.2 Å². The first-order chi connectivity index (χ1) is 12.1. The van der Waals surface area contributed by atoms with Crippen molar-refractivity contribution in [1.29, 1.82) is 0 Å². The molecule has 1 aliphatic rings. The van der Waals surface area contributed by atoms with Gasteiger partial charge in [0.15, 0.2) is 11.5 Å². The zero-order chi connectivity index (χ0) is 17.8. The van der Waals surface area contributed by atoms with Gasteiger partial charge in [0.2, 0.25) is 0 Å². The first-order valence-electron chi connectivity index (χ1n) is 8.35. The van der Waals surface area contributed by atoms with Gasteiger partial charge in [-0.15, -0.1) is 0 Å². The van der Waals surface area contributed by atoms with Gasteiger partial charge in [-0.3, -0.25) is 4.79 Å². The minimum absolute atomic E-state index is 0.152. The Morgan fingerprint density at radius 3 is 2.76 bits per heavy atom. The fraction of sp³-hybridized carbons (Fsp3) is 0.250. The highest BCUT2D eigenvalue weighted by atomic mass is 35.5. The fourth-order valence-electron chi connectivity index (χ4n) is 2.73. The minimum atomic E-state index is -0.152. The molecule has 3 rings (SSSR count). The lowest BCUT2D eigenvalue weighted by molar-refractivity contribution is -0.110. The molecule has 2 aromatic carbocycles. The second-order valence-electron chi connectivity index (χ2n) is 5.66. The van der Waals surface area contributed by atoms with Crippen LogP contribution in [0.25, 0.3) is 11.6 Å². The van der Waals surface area contributed by atoms with Crippen LogP contribution in [-0.4, -0.2) is 19.1 Å². The van der Waals surface area contributed by atoms with Crippen LogP contribution in [0.1, 0.15) is 31.4 Å². The van der Waals surface area contributed by atoms with Crippen molar-refractivity contribution in [3.8, 4) is 11.5 Å². The molecule has 0 saturated heterocycles. The molecule has 130 valence electrons. The number of hydrogen-bond acceptors (Lipinski definition) is 3. The molecule has 1 N–H and O–H groups in total. The molecule has 0 saturated carbocycles. The van der Waals surface area contributed by atoms with E-state index in [4.69, 9.17) is 21.1 Å². The van der Waals surface area contributed by atoms with Crippen LogP contribution < -0.4 is 14.8 Å². The summed E-state index contributed by atoms with van der Waals surface area (Å²) in [5.74, 6) is 1.18. The van der Waals surface area contributed by atoms with Gasteiger partial charge in [-0.1, -0.05) is 30.7 Å². The third-order valence-electron chi connectivity index (χ3n) is 3.82. The molecule has 1 amide bonds. The molecule has 5 heteroatoms. The van der Waals surface area contributed by atoms with Crippen LogP contribution in [-0.2, 0) is 4.79 Å². The van der Waals surface area contributed by atoms with E-state index >= 15 is 0 Å². The monoisotopic (exact) mass is 357 g/mol. The quantitative estimate of drug-likeness (QED) is 0.738. The molecule has 0 fully saturated rings. The van der Waals surface area contributed by atoms with E-state index in [-0.39, 0.29) is 5.91 Å². The van der Waals surface area contributed by atoms with Crippen LogP contribution in [0.4, 0.5) is 5.69 Å². The van der Waals surface area contributed by atoms with Gasteiger partial charge in [0.25, 0.3) is 5.91 Å². The molecule has 0 aliphatic carbocycles. The zero-order valence-electron chi connectivity index (χ0n) is 14.3. The van der Waals surface area contributed by atoms with Gasteiger partial charge in [-0.05, 0) is 43.7 Å². The molecule has 1 aliphatic heterocycles. The van der Waals surface area contributed by atoms with E-state index in [1.54, 1.807) is 12.1 Å². The number of fused-ring (bicyclic) bond motifs is 1. The predicted molar refractivity (Wildman–Crippen MR) is 101 cm³/mol. The summed E-state index contributed by atoms with van der Waals surface area (Å²) in [4.78, 5) is 12.4. The van der Waals surface area contributed by atoms with Crippen molar-refractivity contribution >= 4 is 34.8 Å². The highest BCUT2D eigenvalue weighted by Gasteiger charge is 2.25. The molecular weight excluding hydrogens is 338 g/mol. The third kappa shape index (κ3) is 3.64. The van der Waals surface area contributed by atoms with E-state index in [1.165, 1.54) is 0 Å². The average molecular weight is 358 g/mol. The Balaban J connectivity index is 2.08. The van der Waals surface area contributed by atoms with Gasteiger partial charge in [-0.2, -0.15) is 0 Å². The first kappa shape index (κ1) is 17.4. The molecule has 1 heterocycles. The maximum atomic E-state index is 12.4. The Labute approximate surface area is 152 Å². The Kier molecular flexibility index (Phi) is 5.29. The Hall–Kier alpha value is -2.46. The Morgan fingerprint density at radius 2 is 2.00 bits per heavy atom. The van der Waals surface area contributed by atoms with Gasteiger partial charge < -0.3 is 14.8 Å². The van der Waals surface area contributed by atoms with Crippen LogP contribution in [0.2, 0.25) is 5.02 Å². The van der Waals surface area contributed by atoms with Crippen LogP contribution in [0.3, 0.4) is 0 Å². The smallest absolute Gasteiger partial charge is 0.256 e. The molecule has 0 unspecified atom stereocenters. The summed E-state index contributed by atoms with van der Waals surface area (Å²) in [5, 5.41) is 3.45. The summed E-state index contributed by atoms with van der Waals surface area (Å²) in [6.45, 7) is 5.10. The van der Waals surface area contributed by atoms with E-state index in [0.29, 0.717) is 35.3 Å². The SMILES string of the molecule is CCCOc1c(/C=C2\C(=O)Nc3ccc(Cl)cc32)cccc1OCC. The van der Waals surface area contributed by atoms with Crippen LogP contribution in [0, 0.1) is 0 Å². The summed E-state index contributed by atoms with van der Waals surface area (Å²) >= 11 is 6.09. The molecule has 2 aromatic rings. The topological polar surface area (TPSA) is 47.6 Å². The van der Waals surface area contributed by atoms with E-state index in [1.807, 2.05) is 44.2 Å². The molecule has 0 radical (unpaired) electrons. The van der Waals surface area contributed by atoms with E-state index in [2.05, 4.69) is 5.32 Å². The summed E-state index contributed by atoms with van der Waals surface area (Å²) in [6.07, 6.45) is 2.71.